The number of para-hydroxylation sites is 1. The van der Waals surface area contributed by atoms with Gasteiger partial charge in [0, 0.05) is 13.1 Å². The van der Waals surface area contributed by atoms with Gasteiger partial charge in [0.05, 0.1) is 5.69 Å². The number of carbonyl (C=O) groups is 1. The first-order valence-electron chi connectivity index (χ1n) is 7.83. The zero-order valence-corrected chi connectivity index (χ0v) is 13.4. The Morgan fingerprint density at radius 1 is 1.10 bits per heavy atom. The number of amides is 1. The number of unbranched alkanes of at least 4 members (excludes halogenated alkanes) is 2. The van der Waals surface area contributed by atoms with Crippen LogP contribution < -0.4 is 5.43 Å². The van der Waals surface area contributed by atoms with E-state index in [0.29, 0.717) is 5.71 Å². The molecule has 1 amide bonds. The molecule has 0 radical (unpaired) electrons. The van der Waals surface area contributed by atoms with Gasteiger partial charge in [-0.3, -0.25) is 10.2 Å². The van der Waals surface area contributed by atoms with Crippen LogP contribution >= 0.6 is 0 Å². The van der Waals surface area contributed by atoms with E-state index in [-0.39, 0.29) is 5.91 Å². The number of benzene rings is 1. The van der Waals surface area contributed by atoms with E-state index in [1.54, 1.807) is 6.92 Å². The Labute approximate surface area is 128 Å². The average molecular weight is 289 g/mol. The smallest absolute Gasteiger partial charge is 0.269 e. The zero-order valence-electron chi connectivity index (χ0n) is 13.4. The van der Waals surface area contributed by atoms with Gasteiger partial charge in [-0.05, 0) is 31.9 Å². The number of hydrogen-bond donors (Lipinski definition) is 1. The van der Waals surface area contributed by atoms with Crippen molar-refractivity contribution in [2.24, 2.45) is 5.10 Å². The Balaban J connectivity index is 2.62. The fraction of sp³-hybridized carbons (Fsp3) is 0.529. The van der Waals surface area contributed by atoms with Gasteiger partial charge in [-0.15, -0.1) is 0 Å². The second-order valence-corrected chi connectivity index (χ2v) is 5.17. The highest BCUT2D eigenvalue weighted by atomic mass is 16.2. The number of nitrogens with zero attached hydrogens (tertiary/aromatic N) is 2. The first kappa shape index (κ1) is 17.2. The van der Waals surface area contributed by atoms with Gasteiger partial charge in [0.2, 0.25) is 0 Å². The maximum atomic E-state index is 12.4. The molecule has 1 aromatic rings. The number of carbonyl (C=O) groups excluding carboxylic acids is 1. The van der Waals surface area contributed by atoms with E-state index in [1.807, 2.05) is 35.2 Å². The van der Waals surface area contributed by atoms with Crippen LogP contribution in [-0.2, 0) is 4.79 Å². The minimum absolute atomic E-state index is 0.0281. The lowest BCUT2D eigenvalue weighted by Gasteiger charge is -2.22. The summed E-state index contributed by atoms with van der Waals surface area (Å²) < 4.78 is 0. The predicted molar refractivity (Wildman–Crippen MR) is 89.6 cm³/mol. The second-order valence-electron chi connectivity index (χ2n) is 5.17. The Morgan fingerprint density at radius 2 is 1.67 bits per heavy atom. The van der Waals surface area contributed by atoms with Crippen LogP contribution in [0.5, 0.6) is 0 Å². The van der Waals surface area contributed by atoms with Crippen molar-refractivity contribution in [2.45, 2.75) is 46.5 Å². The molecule has 0 saturated heterocycles. The summed E-state index contributed by atoms with van der Waals surface area (Å²) in [5, 5.41) is 4.21. The maximum Gasteiger partial charge on any atom is 0.269 e. The number of nitrogens with one attached hydrogen (secondary N) is 1. The van der Waals surface area contributed by atoms with E-state index in [1.165, 1.54) is 0 Å². The largest absolute Gasteiger partial charge is 0.338 e. The molecule has 116 valence electrons. The predicted octanol–water partition coefficient (Wildman–Crippen LogP) is 3.90. The maximum absolute atomic E-state index is 12.4. The molecule has 1 rings (SSSR count). The van der Waals surface area contributed by atoms with Crippen molar-refractivity contribution in [1.29, 1.82) is 0 Å². The van der Waals surface area contributed by atoms with Crippen LogP contribution in [-0.4, -0.2) is 29.6 Å². The van der Waals surface area contributed by atoms with Crippen LogP contribution in [0.1, 0.15) is 46.5 Å². The molecular formula is C17H27N3O. The lowest BCUT2D eigenvalue weighted by atomic mass is 10.2. The molecular weight excluding hydrogens is 262 g/mol. The normalized spacial score (nSPS) is 11.3. The summed E-state index contributed by atoms with van der Waals surface area (Å²) in [5.41, 5.74) is 4.33. The summed E-state index contributed by atoms with van der Waals surface area (Å²) in [7, 11) is 0. The van der Waals surface area contributed by atoms with Gasteiger partial charge in [-0.25, -0.2) is 0 Å². The molecule has 0 fully saturated rings. The lowest BCUT2D eigenvalue weighted by molar-refractivity contribution is -0.124. The molecule has 4 heteroatoms. The summed E-state index contributed by atoms with van der Waals surface area (Å²) >= 11 is 0. The molecule has 0 atom stereocenters. The summed E-state index contributed by atoms with van der Waals surface area (Å²) in [6, 6.07) is 9.66. The Hall–Kier alpha value is -1.84. The molecule has 0 saturated carbocycles. The SMILES string of the molecule is CCCCN(CCCC)C(=O)/C(C)=N\Nc1ccccc1. The van der Waals surface area contributed by atoms with Gasteiger partial charge in [0.15, 0.2) is 0 Å². The zero-order chi connectivity index (χ0) is 15.5. The summed E-state index contributed by atoms with van der Waals surface area (Å²) in [4.78, 5) is 14.3. The van der Waals surface area contributed by atoms with Crippen LogP contribution in [0.15, 0.2) is 35.4 Å². The van der Waals surface area contributed by atoms with Crippen molar-refractivity contribution < 1.29 is 4.79 Å². The minimum atomic E-state index is 0.0281. The molecule has 0 aromatic heterocycles. The number of anilines is 1. The lowest BCUT2D eigenvalue weighted by Crippen LogP contribution is -2.37. The molecule has 0 heterocycles. The van der Waals surface area contributed by atoms with Crippen LogP contribution in [0.3, 0.4) is 0 Å². The molecule has 1 aromatic carbocycles. The number of hydrazone groups is 1. The van der Waals surface area contributed by atoms with Crippen molar-refractivity contribution in [3.63, 3.8) is 0 Å². The van der Waals surface area contributed by atoms with Crippen LogP contribution in [0.2, 0.25) is 0 Å². The van der Waals surface area contributed by atoms with Crippen molar-refractivity contribution in [1.82, 2.24) is 4.90 Å². The molecule has 0 aliphatic carbocycles. The Bertz CT molecular complexity index is 435. The molecule has 0 aliphatic heterocycles. The van der Waals surface area contributed by atoms with Crippen molar-refractivity contribution in [2.75, 3.05) is 18.5 Å². The fourth-order valence-electron chi connectivity index (χ4n) is 1.95. The first-order valence-corrected chi connectivity index (χ1v) is 7.83. The monoisotopic (exact) mass is 289 g/mol. The highest BCUT2D eigenvalue weighted by Crippen LogP contribution is 2.06. The highest BCUT2D eigenvalue weighted by Gasteiger charge is 2.15. The van der Waals surface area contributed by atoms with Crippen LogP contribution in [0.4, 0.5) is 5.69 Å². The first-order chi connectivity index (χ1) is 10.2. The third-order valence-corrected chi connectivity index (χ3v) is 3.29. The molecule has 21 heavy (non-hydrogen) atoms. The van der Waals surface area contributed by atoms with Gasteiger partial charge in [0.1, 0.15) is 5.71 Å². The van der Waals surface area contributed by atoms with E-state index >= 15 is 0 Å². The topological polar surface area (TPSA) is 44.7 Å². The van der Waals surface area contributed by atoms with E-state index < -0.39 is 0 Å². The molecule has 0 bridgehead atoms. The van der Waals surface area contributed by atoms with E-state index in [2.05, 4.69) is 24.4 Å². The third kappa shape index (κ3) is 6.43. The standard InChI is InChI=1S/C17H27N3O/c1-4-6-13-20(14-7-5-2)17(21)15(3)18-19-16-11-9-8-10-12-16/h8-12,19H,4-7,13-14H2,1-3H3/b18-15-. The summed E-state index contributed by atoms with van der Waals surface area (Å²) in [5.74, 6) is 0.0281. The fourth-order valence-corrected chi connectivity index (χ4v) is 1.95. The van der Waals surface area contributed by atoms with Crippen molar-refractivity contribution in [3.05, 3.63) is 30.3 Å². The van der Waals surface area contributed by atoms with Crippen molar-refractivity contribution in [3.8, 4) is 0 Å². The van der Waals surface area contributed by atoms with Gasteiger partial charge >= 0.3 is 0 Å². The van der Waals surface area contributed by atoms with E-state index in [9.17, 15) is 4.79 Å². The quantitative estimate of drug-likeness (QED) is 0.553. The number of hydrogen-bond acceptors (Lipinski definition) is 3. The van der Waals surface area contributed by atoms with Gasteiger partial charge in [-0.1, -0.05) is 44.9 Å². The van der Waals surface area contributed by atoms with Crippen LogP contribution in [0.25, 0.3) is 0 Å². The van der Waals surface area contributed by atoms with E-state index in [0.717, 1.165) is 44.5 Å². The highest BCUT2D eigenvalue weighted by molar-refractivity contribution is 6.37. The Morgan fingerprint density at radius 3 is 2.19 bits per heavy atom. The minimum Gasteiger partial charge on any atom is -0.338 e. The summed E-state index contributed by atoms with van der Waals surface area (Å²) in [6.45, 7) is 7.67. The molecule has 4 nitrogen and oxygen atoms in total. The summed E-state index contributed by atoms with van der Waals surface area (Å²) in [6.07, 6.45) is 4.26. The average Bonchev–Trinajstić information content (AvgIpc) is 2.53. The van der Waals surface area contributed by atoms with Gasteiger partial charge in [0.25, 0.3) is 5.91 Å². The molecule has 1 N–H and O–H groups in total. The van der Waals surface area contributed by atoms with E-state index in [4.69, 9.17) is 0 Å². The van der Waals surface area contributed by atoms with Gasteiger partial charge < -0.3 is 4.90 Å². The molecule has 0 aliphatic rings. The van der Waals surface area contributed by atoms with Crippen LogP contribution in [0, 0.1) is 0 Å². The van der Waals surface area contributed by atoms with Gasteiger partial charge in [-0.2, -0.15) is 5.10 Å². The Kier molecular flexibility index (Phi) is 8.17. The third-order valence-electron chi connectivity index (χ3n) is 3.29. The second kappa shape index (κ2) is 9.97. The molecule has 0 spiro atoms. The molecule has 0 unspecified atom stereocenters. The van der Waals surface area contributed by atoms with Crippen molar-refractivity contribution >= 4 is 17.3 Å². The number of rotatable bonds is 9.